The molecule has 0 aliphatic heterocycles. The SMILES string of the molecule is CCn1cc(CS(=O)(=O)c2ccc(N)cc2F)cn1. The minimum Gasteiger partial charge on any atom is -0.399 e. The number of hydrogen-bond acceptors (Lipinski definition) is 4. The molecule has 0 aliphatic rings. The third-order valence-corrected chi connectivity index (χ3v) is 4.37. The van der Waals surface area contributed by atoms with E-state index in [0.29, 0.717) is 12.1 Å². The minimum absolute atomic E-state index is 0.190. The van der Waals surface area contributed by atoms with Gasteiger partial charge >= 0.3 is 0 Å². The van der Waals surface area contributed by atoms with Gasteiger partial charge in [-0.05, 0) is 25.1 Å². The highest BCUT2D eigenvalue weighted by atomic mass is 32.2. The number of hydrogen-bond donors (Lipinski definition) is 1. The first-order valence-corrected chi connectivity index (χ1v) is 7.36. The van der Waals surface area contributed by atoms with Gasteiger partial charge in [0.1, 0.15) is 10.7 Å². The van der Waals surface area contributed by atoms with Gasteiger partial charge in [-0.1, -0.05) is 0 Å². The Morgan fingerprint density at radius 2 is 2.16 bits per heavy atom. The van der Waals surface area contributed by atoms with E-state index in [1.54, 1.807) is 10.9 Å². The van der Waals surface area contributed by atoms with Crippen molar-refractivity contribution in [3.05, 3.63) is 42.0 Å². The summed E-state index contributed by atoms with van der Waals surface area (Å²) in [6, 6.07) is 3.55. The van der Waals surface area contributed by atoms with E-state index in [-0.39, 0.29) is 16.3 Å². The molecule has 0 radical (unpaired) electrons. The second-order valence-corrected chi connectivity index (χ2v) is 6.11. The Labute approximate surface area is 110 Å². The molecule has 2 aromatic rings. The van der Waals surface area contributed by atoms with Gasteiger partial charge in [-0.3, -0.25) is 4.68 Å². The third kappa shape index (κ3) is 2.93. The lowest BCUT2D eigenvalue weighted by Crippen LogP contribution is -2.07. The molecule has 1 heterocycles. The normalized spacial score (nSPS) is 11.7. The molecule has 19 heavy (non-hydrogen) atoms. The molecule has 0 saturated heterocycles. The van der Waals surface area contributed by atoms with Gasteiger partial charge < -0.3 is 5.73 Å². The molecule has 0 aliphatic carbocycles. The Kier molecular flexibility index (Phi) is 3.57. The molecule has 1 aromatic heterocycles. The summed E-state index contributed by atoms with van der Waals surface area (Å²) in [5.41, 5.74) is 6.11. The van der Waals surface area contributed by atoms with Crippen LogP contribution < -0.4 is 5.73 Å². The van der Waals surface area contributed by atoms with Crippen LogP contribution in [0.4, 0.5) is 10.1 Å². The Hall–Kier alpha value is -1.89. The highest BCUT2D eigenvalue weighted by Crippen LogP contribution is 2.21. The third-order valence-electron chi connectivity index (χ3n) is 2.66. The van der Waals surface area contributed by atoms with Gasteiger partial charge in [-0.25, -0.2) is 12.8 Å². The fourth-order valence-corrected chi connectivity index (χ4v) is 3.10. The fraction of sp³-hybridized carbons (Fsp3) is 0.250. The van der Waals surface area contributed by atoms with Crippen LogP contribution in [0.25, 0.3) is 0 Å². The Morgan fingerprint density at radius 3 is 2.74 bits per heavy atom. The van der Waals surface area contributed by atoms with Crippen molar-refractivity contribution in [1.82, 2.24) is 9.78 Å². The number of halogens is 1. The summed E-state index contributed by atoms with van der Waals surface area (Å²) in [5.74, 6) is -1.11. The molecule has 7 heteroatoms. The second-order valence-electron chi connectivity index (χ2n) is 4.15. The summed E-state index contributed by atoms with van der Waals surface area (Å²) in [6.45, 7) is 2.54. The monoisotopic (exact) mass is 283 g/mol. The van der Waals surface area contributed by atoms with Crippen molar-refractivity contribution in [3.8, 4) is 0 Å². The Morgan fingerprint density at radius 1 is 1.42 bits per heavy atom. The number of nitrogens with two attached hydrogens (primary N) is 1. The summed E-state index contributed by atoms with van der Waals surface area (Å²) >= 11 is 0. The standard InChI is InChI=1S/C12H14FN3O2S/c1-2-16-7-9(6-15-16)8-19(17,18)12-4-3-10(14)5-11(12)13/h3-7H,2,8,14H2,1H3. The smallest absolute Gasteiger partial charge is 0.185 e. The largest absolute Gasteiger partial charge is 0.399 e. The zero-order valence-corrected chi connectivity index (χ0v) is 11.2. The summed E-state index contributed by atoms with van der Waals surface area (Å²) < 4.78 is 39.5. The minimum atomic E-state index is -3.74. The second kappa shape index (κ2) is 5.00. The molecule has 0 unspecified atom stereocenters. The van der Waals surface area contributed by atoms with Gasteiger partial charge in [-0.2, -0.15) is 5.10 Å². The zero-order chi connectivity index (χ0) is 14.0. The lowest BCUT2D eigenvalue weighted by Gasteiger charge is -2.05. The van der Waals surface area contributed by atoms with Crippen LogP contribution in [0.5, 0.6) is 0 Å². The highest BCUT2D eigenvalue weighted by molar-refractivity contribution is 7.90. The van der Waals surface area contributed by atoms with E-state index in [2.05, 4.69) is 5.10 Å². The maximum absolute atomic E-state index is 13.6. The number of sulfone groups is 1. The van der Waals surface area contributed by atoms with E-state index in [9.17, 15) is 12.8 Å². The van der Waals surface area contributed by atoms with Crippen molar-refractivity contribution >= 4 is 15.5 Å². The first kappa shape index (κ1) is 13.5. The van der Waals surface area contributed by atoms with Crippen LogP contribution in [-0.4, -0.2) is 18.2 Å². The van der Waals surface area contributed by atoms with Gasteiger partial charge in [0.05, 0.1) is 11.9 Å². The molecular formula is C12H14FN3O2S. The van der Waals surface area contributed by atoms with Crippen molar-refractivity contribution < 1.29 is 12.8 Å². The predicted molar refractivity (Wildman–Crippen MR) is 69.6 cm³/mol. The summed E-state index contributed by atoms with van der Waals surface area (Å²) in [5, 5.41) is 3.99. The van der Waals surface area contributed by atoms with Crippen molar-refractivity contribution in [2.75, 3.05) is 5.73 Å². The molecule has 5 nitrogen and oxygen atoms in total. The van der Waals surface area contributed by atoms with Crippen molar-refractivity contribution in [2.45, 2.75) is 24.1 Å². The van der Waals surface area contributed by atoms with Crippen LogP contribution in [0.3, 0.4) is 0 Å². The van der Waals surface area contributed by atoms with E-state index in [0.717, 1.165) is 6.07 Å². The Bertz CT molecular complexity index is 695. The lowest BCUT2D eigenvalue weighted by atomic mass is 10.3. The van der Waals surface area contributed by atoms with E-state index in [1.807, 2.05) is 6.92 Å². The zero-order valence-electron chi connectivity index (χ0n) is 10.4. The van der Waals surface area contributed by atoms with Crippen LogP contribution in [0, 0.1) is 5.82 Å². The average Bonchev–Trinajstić information content (AvgIpc) is 2.75. The van der Waals surface area contributed by atoms with Gasteiger partial charge in [0.25, 0.3) is 0 Å². The Balaban J connectivity index is 2.32. The number of rotatable bonds is 4. The number of nitrogen functional groups attached to an aromatic ring is 1. The van der Waals surface area contributed by atoms with E-state index < -0.39 is 15.7 Å². The summed E-state index contributed by atoms with van der Waals surface area (Å²) in [6.07, 6.45) is 3.10. The van der Waals surface area contributed by atoms with Crippen LogP contribution in [0.1, 0.15) is 12.5 Å². The van der Waals surface area contributed by atoms with E-state index >= 15 is 0 Å². The number of aromatic nitrogens is 2. The molecule has 0 spiro atoms. The van der Waals surface area contributed by atoms with Gasteiger partial charge in [-0.15, -0.1) is 0 Å². The van der Waals surface area contributed by atoms with Crippen molar-refractivity contribution in [2.24, 2.45) is 0 Å². The van der Waals surface area contributed by atoms with E-state index in [1.165, 1.54) is 18.3 Å². The molecule has 2 N–H and O–H groups in total. The molecule has 0 amide bonds. The molecule has 102 valence electrons. The molecule has 0 saturated carbocycles. The van der Waals surface area contributed by atoms with E-state index in [4.69, 9.17) is 5.73 Å². The number of benzene rings is 1. The fourth-order valence-electron chi connectivity index (χ4n) is 1.72. The van der Waals surface area contributed by atoms with Gasteiger partial charge in [0, 0.05) is 24.0 Å². The summed E-state index contributed by atoms with van der Waals surface area (Å²) in [4.78, 5) is -0.342. The van der Waals surface area contributed by atoms with Crippen molar-refractivity contribution in [3.63, 3.8) is 0 Å². The number of aryl methyl sites for hydroxylation is 1. The maximum Gasteiger partial charge on any atom is 0.185 e. The lowest BCUT2D eigenvalue weighted by molar-refractivity contribution is 0.567. The number of anilines is 1. The predicted octanol–water partition coefficient (Wildman–Crippen LogP) is 1.60. The van der Waals surface area contributed by atoms with Crippen molar-refractivity contribution in [1.29, 1.82) is 0 Å². The number of nitrogens with zero attached hydrogens (tertiary/aromatic N) is 2. The van der Waals surface area contributed by atoms with Gasteiger partial charge in [0.15, 0.2) is 9.84 Å². The quantitative estimate of drug-likeness (QED) is 0.864. The first-order chi connectivity index (χ1) is 8.92. The molecule has 0 fully saturated rings. The molecule has 1 aromatic carbocycles. The highest BCUT2D eigenvalue weighted by Gasteiger charge is 2.20. The molecule has 0 bridgehead atoms. The maximum atomic E-state index is 13.6. The average molecular weight is 283 g/mol. The summed E-state index contributed by atoms with van der Waals surface area (Å²) in [7, 11) is -3.74. The van der Waals surface area contributed by atoms with Crippen LogP contribution in [0.2, 0.25) is 0 Å². The molecule has 0 atom stereocenters. The molecular weight excluding hydrogens is 269 g/mol. The molecule has 2 rings (SSSR count). The van der Waals surface area contributed by atoms with Gasteiger partial charge in [0.2, 0.25) is 0 Å². The van der Waals surface area contributed by atoms with Crippen LogP contribution in [0.15, 0.2) is 35.5 Å². The van der Waals surface area contributed by atoms with Crippen LogP contribution >= 0.6 is 0 Å². The topological polar surface area (TPSA) is 78.0 Å². The van der Waals surface area contributed by atoms with Crippen LogP contribution in [-0.2, 0) is 22.1 Å². The first-order valence-electron chi connectivity index (χ1n) is 5.71.